The summed E-state index contributed by atoms with van der Waals surface area (Å²) in [5.74, 6) is -0.0357. The van der Waals surface area contributed by atoms with Crippen LogP contribution in [0.1, 0.15) is 10.5 Å². The molecule has 3 aromatic rings. The van der Waals surface area contributed by atoms with E-state index in [2.05, 4.69) is 5.10 Å². The average Bonchev–Trinajstić information content (AvgIpc) is 3.16. The van der Waals surface area contributed by atoms with Crippen molar-refractivity contribution in [2.24, 2.45) is 0 Å². The molecule has 0 spiro atoms. The van der Waals surface area contributed by atoms with Gasteiger partial charge in [-0.1, -0.05) is 12.1 Å². The molecule has 0 bridgehead atoms. The number of rotatable bonds is 4. The number of nitrogens with zero attached hydrogens (tertiary/aromatic N) is 2. The van der Waals surface area contributed by atoms with Crippen LogP contribution in [0.25, 0.3) is 17.1 Å². The Morgan fingerprint density at radius 1 is 1.29 bits per heavy atom. The molecule has 1 N–H and O–H groups in total. The first-order chi connectivity index (χ1) is 10.2. The van der Waals surface area contributed by atoms with Gasteiger partial charge in [-0.2, -0.15) is 5.10 Å². The molecule has 0 unspecified atom stereocenters. The van der Waals surface area contributed by atoms with Crippen LogP contribution < -0.4 is 4.74 Å². The van der Waals surface area contributed by atoms with Crippen LogP contribution in [0.5, 0.6) is 5.75 Å². The highest BCUT2D eigenvalue weighted by Gasteiger charge is 2.19. The second-order valence-corrected chi connectivity index (χ2v) is 4.28. The summed E-state index contributed by atoms with van der Waals surface area (Å²) in [5.41, 5.74) is 1.03. The second kappa shape index (κ2) is 5.16. The molecule has 0 saturated heterocycles. The van der Waals surface area contributed by atoms with E-state index in [1.807, 2.05) is 0 Å². The van der Waals surface area contributed by atoms with Gasteiger partial charge in [0.25, 0.3) is 0 Å². The van der Waals surface area contributed by atoms with E-state index in [0.29, 0.717) is 22.9 Å². The molecule has 2 heterocycles. The lowest BCUT2D eigenvalue weighted by Gasteiger charge is -2.09. The first kappa shape index (κ1) is 13.0. The van der Waals surface area contributed by atoms with Crippen LogP contribution in [0, 0.1) is 0 Å². The van der Waals surface area contributed by atoms with Crippen molar-refractivity contribution in [2.75, 3.05) is 7.11 Å². The number of carbonyl (C=O) groups is 1. The van der Waals surface area contributed by atoms with Gasteiger partial charge in [0.05, 0.1) is 13.4 Å². The Morgan fingerprint density at radius 3 is 2.76 bits per heavy atom. The summed E-state index contributed by atoms with van der Waals surface area (Å²) < 4.78 is 11.8. The van der Waals surface area contributed by atoms with Crippen LogP contribution in [-0.4, -0.2) is 28.0 Å². The van der Waals surface area contributed by atoms with Crippen molar-refractivity contribution in [1.29, 1.82) is 0 Å². The zero-order chi connectivity index (χ0) is 14.8. The summed E-state index contributed by atoms with van der Waals surface area (Å²) in [6.07, 6.45) is 1.51. The van der Waals surface area contributed by atoms with Gasteiger partial charge < -0.3 is 14.3 Å². The highest BCUT2D eigenvalue weighted by atomic mass is 16.5. The van der Waals surface area contributed by atoms with E-state index in [0.717, 1.165) is 0 Å². The topological polar surface area (TPSA) is 77.5 Å². The zero-order valence-electron chi connectivity index (χ0n) is 11.2. The van der Waals surface area contributed by atoms with E-state index in [1.54, 1.807) is 36.4 Å². The summed E-state index contributed by atoms with van der Waals surface area (Å²) in [6, 6.07) is 12.0. The maximum Gasteiger partial charge on any atom is 0.354 e. The highest BCUT2D eigenvalue weighted by Crippen LogP contribution is 2.27. The summed E-state index contributed by atoms with van der Waals surface area (Å²) in [6.45, 7) is 0. The fourth-order valence-electron chi connectivity index (χ4n) is 2.07. The lowest BCUT2D eigenvalue weighted by atomic mass is 10.2. The lowest BCUT2D eigenvalue weighted by Crippen LogP contribution is -2.08. The maximum atomic E-state index is 11.4. The normalized spacial score (nSPS) is 10.5. The molecule has 0 saturated carbocycles. The SMILES string of the molecule is COc1ccccc1-n1nc(-c2ccco2)cc1C(=O)O. The third-order valence-electron chi connectivity index (χ3n) is 3.02. The Bertz CT molecular complexity index is 775. The fraction of sp³-hybridized carbons (Fsp3) is 0.0667. The Morgan fingerprint density at radius 2 is 2.10 bits per heavy atom. The van der Waals surface area contributed by atoms with Crippen LogP contribution in [-0.2, 0) is 0 Å². The van der Waals surface area contributed by atoms with Gasteiger partial charge in [-0.05, 0) is 24.3 Å². The molecule has 0 fully saturated rings. The van der Waals surface area contributed by atoms with Gasteiger partial charge in [0.1, 0.15) is 17.1 Å². The Balaban J connectivity index is 2.19. The zero-order valence-corrected chi connectivity index (χ0v) is 11.2. The van der Waals surface area contributed by atoms with E-state index in [4.69, 9.17) is 9.15 Å². The van der Waals surface area contributed by atoms with Crippen molar-refractivity contribution in [3.8, 4) is 22.9 Å². The van der Waals surface area contributed by atoms with Gasteiger partial charge in [0, 0.05) is 6.07 Å². The summed E-state index contributed by atoms with van der Waals surface area (Å²) in [4.78, 5) is 11.4. The number of aromatic nitrogens is 2. The van der Waals surface area contributed by atoms with E-state index in [-0.39, 0.29) is 5.69 Å². The molecule has 0 atom stereocenters. The molecule has 0 aliphatic heterocycles. The van der Waals surface area contributed by atoms with E-state index < -0.39 is 5.97 Å². The van der Waals surface area contributed by atoms with Gasteiger partial charge in [-0.25, -0.2) is 9.48 Å². The van der Waals surface area contributed by atoms with Gasteiger partial charge in [0.2, 0.25) is 0 Å². The van der Waals surface area contributed by atoms with E-state index in [9.17, 15) is 9.90 Å². The predicted octanol–water partition coefficient (Wildman–Crippen LogP) is 2.84. The van der Waals surface area contributed by atoms with Crippen molar-refractivity contribution in [3.05, 3.63) is 54.4 Å². The number of methoxy groups -OCH3 is 1. The molecule has 6 heteroatoms. The van der Waals surface area contributed by atoms with Crippen LogP contribution >= 0.6 is 0 Å². The quantitative estimate of drug-likeness (QED) is 0.797. The molecule has 3 rings (SSSR count). The average molecular weight is 284 g/mol. The number of carboxylic acid groups (broad SMARTS) is 1. The van der Waals surface area contributed by atoms with Crippen molar-refractivity contribution >= 4 is 5.97 Å². The monoisotopic (exact) mass is 284 g/mol. The smallest absolute Gasteiger partial charge is 0.354 e. The number of aromatic carboxylic acids is 1. The molecule has 21 heavy (non-hydrogen) atoms. The first-order valence-corrected chi connectivity index (χ1v) is 6.21. The number of carboxylic acids is 1. The lowest BCUT2D eigenvalue weighted by molar-refractivity contribution is 0.0687. The number of benzene rings is 1. The molecule has 0 radical (unpaired) electrons. The molecule has 2 aromatic heterocycles. The van der Waals surface area contributed by atoms with Crippen molar-refractivity contribution in [1.82, 2.24) is 9.78 Å². The summed E-state index contributed by atoms with van der Waals surface area (Å²) >= 11 is 0. The molecular weight excluding hydrogens is 272 g/mol. The second-order valence-electron chi connectivity index (χ2n) is 4.28. The third kappa shape index (κ3) is 2.27. The minimum Gasteiger partial charge on any atom is -0.494 e. The van der Waals surface area contributed by atoms with Gasteiger partial charge in [0.15, 0.2) is 11.5 Å². The summed E-state index contributed by atoms with van der Waals surface area (Å²) in [5, 5.41) is 13.7. The molecule has 106 valence electrons. The van der Waals surface area contributed by atoms with E-state index in [1.165, 1.54) is 24.1 Å². The van der Waals surface area contributed by atoms with Crippen molar-refractivity contribution in [3.63, 3.8) is 0 Å². The standard InChI is InChI=1S/C15H12N2O4/c1-20-14-6-3-2-5-11(14)17-12(15(18)19)9-10(16-17)13-7-4-8-21-13/h2-9H,1H3,(H,18,19). The van der Waals surface area contributed by atoms with Gasteiger partial charge >= 0.3 is 5.97 Å². The number of hydrogen-bond acceptors (Lipinski definition) is 4. The van der Waals surface area contributed by atoms with Crippen LogP contribution in [0.15, 0.2) is 53.1 Å². The number of para-hydroxylation sites is 2. The highest BCUT2D eigenvalue weighted by molar-refractivity contribution is 5.88. The van der Waals surface area contributed by atoms with E-state index >= 15 is 0 Å². The number of furan rings is 1. The predicted molar refractivity (Wildman–Crippen MR) is 74.8 cm³/mol. The minimum absolute atomic E-state index is 0.0332. The molecule has 6 nitrogen and oxygen atoms in total. The molecule has 0 aliphatic rings. The third-order valence-corrected chi connectivity index (χ3v) is 3.02. The maximum absolute atomic E-state index is 11.4. The van der Waals surface area contributed by atoms with Crippen molar-refractivity contribution in [2.45, 2.75) is 0 Å². The molecule has 1 aromatic carbocycles. The fourth-order valence-corrected chi connectivity index (χ4v) is 2.07. The van der Waals surface area contributed by atoms with Crippen molar-refractivity contribution < 1.29 is 19.1 Å². The molecule has 0 amide bonds. The number of hydrogen-bond donors (Lipinski definition) is 1. The summed E-state index contributed by atoms with van der Waals surface area (Å²) in [7, 11) is 1.52. The Labute approximate surface area is 120 Å². The number of ether oxygens (including phenoxy) is 1. The molecular formula is C15H12N2O4. The molecule has 0 aliphatic carbocycles. The first-order valence-electron chi connectivity index (χ1n) is 6.21. The van der Waals surface area contributed by atoms with Gasteiger partial charge in [-0.15, -0.1) is 0 Å². The largest absolute Gasteiger partial charge is 0.494 e. The van der Waals surface area contributed by atoms with Crippen LogP contribution in [0.2, 0.25) is 0 Å². The van der Waals surface area contributed by atoms with Crippen LogP contribution in [0.3, 0.4) is 0 Å². The minimum atomic E-state index is -1.08. The Kier molecular flexibility index (Phi) is 3.19. The van der Waals surface area contributed by atoms with Crippen LogP contribution in [0.4, 0.5) is 0 Å². The van der Waals surface area contributed by atoms with Gasteiger partial charge in [-0.3, -0.25) is 0 Å². The Hall–Kier alpha value is -3.02.